The van der Waals surface area contributed by atoms with Crippen LogP contribution in [0.3, 0.4) is 0 Å². The summed E-state index contributed by atoms with van der Waals surface area (Å²) in [4.78, 5) is 11.5. The van der Waals surface area contributed by atoms with Crippen molar-refractivity contribution in [3.63, 3.8) is 0 Å². The lowest BCUT2D eigenvalue weighted by Gasteiger charge is -2.05. The summed E-state index contributed by atoms with van der Waals surface area (Å²) < 4.78 is 13.8. The van der Waals surface area contributed by atoms with Gasteiger partial charge in [-0.2, -0.15) is 10.5 Å². The van der Waals surface area contributed by atoms with Crippen LogP contribution in [0.4, 0.5) is 10.1 Å². The zero-order valence-corrected chi connectivity index (χ0v) is 10.5. The molecule has 21 heavy (non-hydrogen) atoms. The third-order valence-electron chi connectivity index (χ3n) is 2.96. The summed E-state index contributed by atoms with van der Waals surface area (Å²) in [5.74, 6) is -0.695. The zero-order chi connectivity index (χ0) is 14.8. The molecule has 0 atom stereocenters. The fraction of sp³-hybridized carbons (Fsp3) is 0.0833. The van der Waals surface area contributed by atoms with Crippen LogP contribution >= 0.6 is 0 Å². The van der Waals surface area contributed by atoms with Gasteiger partial charge in [-0.3, -0.25) is 4.79 Å². The van der Waals surface area contributed by atoms with Gasteiger partial charge in [0, 0.05) is 29.6 Å². The van der Waals surface area contributed by atoms with Crippen molar-refractivity contribution in [2.45, 2.75) is 6.54 Å². The predicted octanol–water partition coefficient (Wildman–Crippen LogP) is 0.559. The molecule has 0 spiro atoms. The average molecular weight is 285 g/mol. The van der Waals surface area contributed by atoms with Gasteiger partial charge in [0.15, 0.2) is 0 Å². The monoisotopic (exact) mass is 285 g/mol. The van der Waals surface area contributed by atoms with E-state index in [0.29, 0.717) is 11.3 Å². The van der Waals surface area contributed by atoms with Crippen LogP contribution in [0.5, 0.6) is 0 Å². The summed E-state index contributed by atoms with van der Waals surface area (Å²) >= 11 is 0. The Labute approximate surface area is 117 Å². The van der Waals surface area contributed by atoms with E-state index in [4.69, 9.17) is 5.26 Å². The number of nitrogens with one attached hydrogen (secondary N) is 3. The molecular formula is C12H8FN7O. The normalized spacial score (nSPS) is 13.5. The highest BCUT2D eigenvalue weighted by Gasteiger charge is 2.22. The minimum absolute atomic E-state index is 0.115. The number of aromatic nitrogens is 4. The number of anilines is 1. The molecule has 0 saturated heterocycles. The van der Waals surface area contributed by atoms with Crippen molar-refractivity contribution in [1.82, 2.24) is 25.9 Å². The molecule has 0 bridgehead atoms. The van der Waals surface area contributed by atoms with Gasteiger partial charge in [0.2, 0.25) is 5.82 Å². The number of halogens is 1. The fourth-order valence-electron chi connectivity index (χ4n) is 1.94. The third kappa shape index (κ3) is 2.30. The Kier molecular flexibility index (Phi) is 3.04. The number of allylic oxidation sites excluding steroid dienone is 1. The number of nitriles is 1. The molecule has 0 unspecified atom stereocenters. The highest BCUT2D eigenvalue weighted by Crippen LogP contribution is 2.24. The molecule has 2 aromatic rings. The molecule has 2 heterocycles. The van der Waals surface area contributed by atoms with Crippen LogP contribution in [0.1, 0.15) is 21.7 Å². The van der Waals surface area contributed by atoms with E-state index in [-0.39, 0.29) is 29.4 Å². The van der Waals surface area contributed by atoms with E-state index in [1.54, 1.807) is 0 Å². The van der Waals surface area contributed by atoms with Crippen molar-refractivity contribution >= 4 is 17.2 Å². The number of amides is 1. The van der Waals surface area contributed by atoms with Crippen molar-refractivity contribution in [3.8, 4) is 6.07 Å². The van der Waals surface area contributed by atoms with Gasteiger partial charge in [0.1, 0.15) is 17.5 Å². The quantitative estimate of drug-likeness (QED) is 0.709. The molecule has 104 valence electrons. The van der Waals surface area contributed by atoms with Gasteiger partial charge in [-0.1, -0.05) is 0 Å². The Hall–Kier alpha value is -3.28. The minimum atomic E-state index is -0.486. The van der Waals surface area contributed by atoms with Gasteiger partial charge in [-0.15, -0.1) is 10.2 Å². The molecule has 9 heteroatoms. The van der Waals surface area contributed by atoms with Crippen LogP contribution in [-0.4, -0.2) is 26.5 Å². The van der Waals surface area contributed by atoms with Crippen molar-refractivity contribution in [2.75, 3.05) is 5.32 Å². The summed E-state index contributed by atoms with van der Waals surface area (Å²) in [6.07, 6.45) is 1.32. The first-order chi connectivity index (χ1) is 10.2. The second kappa shape index (κ2) is 5.01. The Bertz CT molecular complexity index is 776. The van der Waals surface area contributed by atoms with Crippen LogP contribution in [-0.2, 0) is 6.54 Å². The van der Waals surface area contributed by atoms with E-state index in [9.17, 15) is 9.18 Å². The fourth-order valence-corrected chi connectivity index (χ4v) is 1.94. The smallest absolute Gasteiger partial charge is 0.252 e. The molecule has 0 aliphatic carbocycles. The first-order valence-corrected chi connectivity index (χ1v) is 5.90. The molecule has 0 saturated carbocycles. The molecule has 1 amide bonds. The van der Waals surface area contributed by atoms with E-state index in [1.165, 1.54) is 18.3 Å². The lowest BCUT2D eigenvalue weighted by atomic mass is 10.1. The lowest BCUT2D eigenvalue weighted by Crippen LogP contribution is -2.12. The Morgan fingerprint density at radius 3 is 3.10 bits per heavy atom. The Morgan fingerprint density at radius 1 is 1.52 bits per heavy atom. The minimum Gasteiger partial charge on any atom is -0.360 e. The number of hydrogen-bond donors (Lipinski definition) is 3. The number of carbonyl (C=O) groups is 1. The van der Waals surface area contributed by atoms with E-state index in [2.05, 4.69) is 31.3 Å². The number of rotatable bonds is 3. The molecule has 1 aromatic carbocycles. The van der Waals surface area contributed by atoms with Gasteiger partial charge in [-0.05, 0) is 17.3 Å². The first-order valence-electron chi connectivity index (χ1n) is 5.90. The van der Waals surface area contributed by atoms with Crippen molar-refractivity contribution < 1.29 is 9.18 Å². The lowest BCUT2D eigenvalue weighted by molar-refractivity contribution is 0.0966. The van der Waals surface area contributed by atoms with Gasteiger partial charge in [0.25, 0.3) is 5.91 Å². The number of benzene rings is 1. The topological polar surface area (TPSA) is 119 Å². The Balaban J connectivity index is 1.90. The maximum absolute atomic E-state index is 13.8. The second-order valence-corrected chi connectivity index (χ2v) is 4.22. The maximum atomic E-state index is 13.8. The molecule has 0 radical (unpaired) electrons. The highest BCUT2D eigenvalue weighted by atomic mass is 19.1. The van der Waals surface area contributed by atoms with Crippen LogP contribution in [0.25, 0.3) is 5.57 Å². The maximum Gasteiger partial charge on any atom is 0.252 e. The SMILES string of the molecule is N#CC(=CNc1cc(F)c2c(c1)C(=O)NC2)c1nn[nH]n1. The summed E-state index contributed by atoms with van der Waals surface area (Å²) in [6.45, 7) is 0.183. The van der Waals surface area contributed by atoms with Crippen LogP contribution in [0, 0.1) is 17.1 Å². The number of hydrogen-bond acceptors (Lipinski definition) is 6. The largest absolute Gasteiger partial charge is 0.360 e. The second-order valence-electron chi connectivity index (χ2n) is 4.22. The summed E-state index contributed by atoms with van der Waals surface area (Å²) in [6, 6.07) is 4.66. The number of nitrogens with zero attached hydrogens (tertiary/aromatic N) is 4. The molecule has 1 aromatic heterocycles. The first kappa shape index (κ1) is 12.7. The summed E-state index contributed by atoms with van der Waals surface area (Å²) in [5, 5.41) is 27.2. The number of tetrazole rings is 1. The third-order valence-corrected chi connectivity index (χ3v) is 2.96. The van der Waals surface area contributed by atoms with E-state index < -0.39 is 5.82 Å². The van der Waals surface area contributed by atoms with Crippen molar-refractivity contribution in [1.29, 1.82) is 5.26 Å². The van der Waals surface area contributed by atoms with Gasteiger partial charge in [0.05, 0.1) is 0 Å². The standard InChI is InChI=1S/C12H8FN7O/c13-10-2-7(1-8-9(10)5-16-12(8)21)15-4-6(3-14)11-17-19-20-18-11/h1-2,4,15H,5H2,(H,16,21)(H,17,18,19,20). The molecule has 1 aliphatic heterocycles. The van der Waals surface area contributed by atoms with Crippen LogP contribution in [0.2, 0.25) is 0 Å². The predicted molar refractivity (Wildman–Crippen MR) is 69.0 cm³/mol. The van der Waals surface area contributed by atoms with Gasteiger partial charge < -0.3 is 10.6 Å². The molecule has 1 aliphatic rings. The average Bonchev–Trinajstić information content (AvgIpc) is 3.11. The van der Waals surface area contributed by atoms with Crippen LogP contribution in [0.15, 0.2) is 18.3 Å². The molecule has 8 nitrogen and oxygen atoms in total. The summed E-state index contributed by atoms with van der Waals surface area (Å²) in [7, 11) is 0. The van der Waals surface area contributed by atoms with E-state index >= 15 is 0 Å². The van der Waals surface area contributed by atoms with Gasteiger partial charge in [-0.25, -0.2) is 4.39 Å². The van der Waals surface area contributed by atoms with E-state index in [1.807, 2.05) is 6.07 Å². The van der Waals surface area contributed by atoms with Crippen LogP contribution < -0.4 is 10.6 Å². The Morgan fingerprint density at radius 2 is 2.38 bits per heavy atom. The van der Waals surface area contributed by atoms with Gasteiger partial charge >= 0.3 is 0 Å². The molecular weight excluding hydrogens is 277 g/mol. The number of carbonyl (C=O) groups excluding carboxylic acids is 1. The molecule has 0 fully saturated rings. The number of fused-ring (bicyclic) bond motifs is 1. The van der Waals surface area contributed by atoms with Crippen molar-refractivity contribution in [2.24, 2.45) is 0 Å². The number of H-pyrrole nitrogens is 1. The number of aromatic amines is 1. The molecule has 3 rings (SSSR count). The summed E-state index contributed by atoms with van der Waals surface area (Å²) in [5.41, 5.74) is 1.09. The molecule has 3 N–H and O–H groups in total. The van der Waals surface area contributed by atoms with E-state index in [0.717, 1.165) is 0 Å². The zero-order valence-electron chi connectivity index (χ0n) is 10.5. The van der Waals surface area contributed by atoms with Crippen molar-refractivity contribution in [3.05, 3.63) is 41.1 Å². The highest BCUT2D eigenvalue weighted by molar-refractivity contribution is 5.99.